The third-order valence-corrected chi connectivity index (χ3v) is 4.34. The molecule has 0 spiro atoms. The molecule has 7 heteroatoms. The molecule has 0 aliphatic rings. The van der Waals surface area contributed by atoms with Gasteiger partial charge in [0, 0.05) is 12.7 Å². The van der Waals surface area contributed by atoms with Crippen molar-refractivity contribution in [3.63, 3.8) is 0 Å². The molecule has 1 N–H and O–H groups in total. The van der Waals surface area contributed by atoms with Gasteiger partial charge in [0.05, 0.1) is 17.3 Å². The molecule has 23 heavy (non-hydrogen) atoms. The van der Waals surface area contributed by atoms with Crippen LogP contribution in [0, 0.1) is 13.8 Å². The van der Waals surface area contributed by atoms with Crippen molar-refractivity contribution in [1.82, 2.24) is 19.7 Å². The predicted octanol–water partition coefficient (Wildman–Crippen LogP) is 2.71. The van der Waals surface area contributed by atoms with Gasteiger partial charge < -0.3 is 5.32 Å². The summed E-state index contributed by atoms with van der Waals surface area (Å²) >= 11 is 1.38. The number of benzene rings is 1. The van der Waals surface area contributed by atoms with Gasteiger partial charge in [-0.25, -0.2) is 9.97 Å². The minimum absolute atomic E-state index is 0.0596. The maximum atomic E-state index is 12.2. The summed E-state index contributed by atoms with van der Waals surface area (Å²) < 4.78 is 1.69. The molecule has 0 aliphatic carbocycles. The molecule has 118 valence electrons. The number of aryl methyl sites for hydroxylation is 3. The highest BCUT2D eigenvalue weighted by molar-refractivity contribution is 8.00. The Bertz CT molecular complexity index is 854. The Hall–Kier alpha value is -2.41. The van der Waals surface area contributed by atoms with Gasteiger partial charge in [0.2, 0.25) is 5.91 Å². The Balaban J connectivity index is 1.68. The zero-order valence-electron chi connectivity index (χ0n) is 13.2. The highest BCUT2D eigenvalue weighted by Crippen LogP contribution is 2.24. The molecule has 0 fully saturated rings. The molecule has 3 rings (SSSR count). The number of hydrogen-bond acceptors (Lipinski definition) is 5. The summed E-state index contributed by atoms with van der Waals surface area (Å²) in [5.41, 5.74) is 3.83. The summed E-state index contributed by atoms with van der Waals surface area (Å²) in [6, 6.07) is 5.99. The van der Waals surface area contributed by atoms with Crippen LogP contribution >= 0.6 is 11.8 Å². The fraction of sp³-hybridized carbons (Fsp3) is 0.250. The minimum Gasteiger partial charge on any atom is -0.325 e. The number of carbonyl (C=O) groups is 1. The van der Waals surface area contributed by atoms with Gasteiger partial charge in [-0.3, -0.25) is 9.48 Å². The van der Waals surface area contributed by atoms with Crippen LogP contribution in [0.2, 0.25) is 0 Å². The second-order valence-electron chi connectivity index (χ2n) is 5.40. The second kappa shape index (κ2) is 6.37. The van der Waals surface area contributed by atoms with Crippen molar-refractivity contribution in [2.75, 3.05) is 11.1 Å². The molecule has 2 heterocycles. The summed E-state index contributed by atoms with van der Waals surface area (Å²) in [4.78, 5) is 20.6. The van der Waals surface area contributed by atoms with Crippen molar-refractivity contribution < 1.29 is 4.79 Å². The number of rotatable bonds is 4. The number of aromatic nitrogens is 4. The van der Waals surface area contributed by atoms with Crippen LogP contribution in [0.3, 0.4) is 0 Å². The summed E-state index contributed by atoms with van der Waals surface area (Å²) in [7, 11) is 1.83. The lowest BCUT2D eigenvalue weighted by Crippen LogP contribution is -2.14. The quantitative estimate of drug-likeness (QED) is 0.589. The zero-order valence-corrected chi connectivity index (χ0v) is 14.0. The maximum Gasteiger partial charge on any atom is 0.234 e. The van der Waals surface area contributed by atoms with E-state index in [-0.39, 0.29) is 11.7 Å². The summed E-state index contributed by atoms with van der Waals surface area (Å²) in [5, 5.41) is 8.72. The van der Waals surface area contributed by atoms with Crippen molar-refractivity contribution in [3.05, 3.63) is 41.9 Å². The number of hydrogen-bond donors (Lipinski definition) is 1. The molecule has 0 bridgehead atoms. The van der Waals surface area contributed by atoms with E-state index < -0.39 is 0 Å². The van der Waals surface area contributed by atoms with E-state index in [1.54, 1.807) is 10.9 Å². The highest BCUT2D eigenvalue weighted by atomic mass is 32.2. The van der Waals surface area contributed by atoms with Crippen molar-refractivity contribution in [2.24, 2.45) is 7.05 Å². The highest BCUT2D eigenvalue weighted by Gasteiger charge is 2.11. The topological polar surface area (TPSA) is 72.7 Å². The van der Waals surface area contributed by atoms with E-state index in [1.807, 2.05) is 33.0 Å². The molecule has 0 radical (unpaired) electrons. The molecule has 3 aromatic rings. The van der Waals surface area contributed by atoms with Crippen LogP contribution in [0.4, 0.5) is 5.69 Å². The lowest BCUT2D eigenvalue weighted by Gasteiger charge is -2.07. The third kappa shape index (κ3) is 3.50. The smallest absolute Gasteiger partial charge is 0.234 e. The van der Waals surface area contributed by atoms with E-state index in [1.165, 1.54) is 18.1 Å². The van der Waals surface area contributed by atoms with Crippen LogP contribution in [0.25, 0.3) is 11.0 Å². The number of thioether (sulfide) groups is 1. The summed E-state index contributed by atoms with van der Waals surface area (Å²) in [5.74, 6) is 0.226. The Labute approximate surface area is 138 Å². The Morgan fingerprint density at radius 1 is 1.22 bits per heavy atom. The summed E-state index contributed by atoms with van der Waals surface area (Å²) in [6.45, 7) is 4.02. The second-order valence-corrected chi connectivity index (χ2v) is 6.36. The largest absolute Gasteiger partial charge is 0.325 e. The van der Waals surface area contributed by atoms with Gasteiger partial charge in [-0.1, -0.05) is 17.8 Å². The lowest BCUT2D eigenvalue weighted by molar-refractivity contribution is -0.113. The molecule has 1 aromatic carbocycles. The number of amides is 1. The van der Waals surface area contributed by atoms with Crippen LogP contribution in [0.1, 0.15) is 11.1 Å². The van der Waals surface area contributed by atoms with Gasteiger partial charge in [0.25, 0.3) is 0 Å². The maximum absolute atomic E-state index is 12.2. The molecule has 0 aliphatic heterocycles. The van der Waals surface area contributed by atoms with Crippen LogP contribution < -0.4 is 5.32 Å². The van der Waals surface area contributed by atoms with Gasteiger partial charge in [-0.2, -0.15) is 5.10 Å². The molecule has 0 saturated heterocycles. The van der Waals surface area contributed by atoms with Gasteiger partial charge in [0.1, 0.15) is 11.4 Å². The van der Waals surface area contributed by atoms with E-state index in [4.69, 9.17) is 0 Å². The average molecular weight is 327 g/mol. The number of fused-ring (bicyclic) bond motifs is 1. The monoisotopic (exact) mass is 327 g/mol. The molecular weight excluding hydrogens is 310 g/mol. The number of carbonyl (C=O) groups excluding carboxylic acids is 1. The van der Waals surface area contributed by atoms with E-state index in [0.717, 1.165) is 32.9 Å². The fourth-order valence-corrected chi connectivity index (χ4v) is 3.19. The van der Waals surface area contributed by atoms with Crippen molar-refractivity contribution in [2.45, 2.75) is 18.9 Å². The number of anilines is 1. The predicted molar refractivity (Wildman–Crippen MR) is 91.6 cm³/mol. The van der Waals surface area contributed by atoms with Crippen LogP contribution in [-0.4, -0.2) is 31.4 Å². The Morgan fingerprint density at radius 3 is 2.70 bits per heavy atom. The first-order chi connectivity index (χ1) is 11.0. The third-order valence-electron chi connectivity index (χ3n) is 3.34. The van der Waals surface area contributed by atoms with Crippen LogP contribution in [0.5, 0.6) is 0 Å². The van der Waals surface area contributed by atoms with Gasteiger partial charge in [0.15, 0.2) is 5.65 Å². The average Bonchev–Trinajstić information content (AvgIpc) is 2.86. The first-order valence-electron chi connectivity index (χ1n) is 7.16. The van der Waals surface area contributed by atoms with Gasteiger partial charge >= 0.3 is 0 Å². The Morgan fingerprint density at radius 2 is 1.96 bits per heavy atom. The molecule has 2 aromatic heterocycles. The van der Waals surface area contributed by atoms with Crippen LogP contribution in [0.15, 0.2) is 35.7 Å². The number of nitrogens with one attached hydrogen (secondary N) is 1. The van der Waals surface area contributed by atoms with Crippen LogP contribution in [-0.2, 0) is 11.8 Å². The molecule has 1 amide bonds. The molecule has 0 atom stereocenters. The zero-order chi connectivity index (χ0) is 16.4. The first-order valence-corrected chi connectivity index (χ1v) is 8.15. The van der Waals surface area contributed by atoms with Crippen molar-refractivity contribution >= 4 is 34.4 Å². The number of nitrogens with zero attached hydrogens (tertiary/aromatic N) is 4. The molecule has 0 saturated carbocycles. The van der Waals surface area contributed by atoms with Gasteiger partial charge in [-0.15, -0.1) is 0 Å². The van der Waals surface area contributed by atoms with E-state index in [0.29, 0.717) is 0 Å². The normalized spacial score (nSPS) is 10.9. The fourth-order valence-electron chi connectivity index (χ4n) is 2.43. The van der Waals surface area contributed by atoms with E-state index in [9.17, 15) is 4.79 Å². The SMILES string of the molecule is Cc1cc(C)cc(NC(=O)CSc2ncnc3c2cnn3C)c1. The van der Waals surface area contributed by atoms with E-state index >= 15 is 0 Å². The lowest BCUT2D eigenvalue weighted by atomic mass is 10.1. The Kier molecular flexibility index (Phi) is 4.29. The van der Waals surface area contributed by atoms with Gasteiger partial charge in [-0.05, 0) is 37.1 Å². The molecular formula is C16H17N5OS. The minimum atomic E-state index is -0.0596. The molecule has 6 nitrogen and oxygen atoms in total. The van der Waals surface area contributed by atoms with E-state index in [2.05, 4.69) is 26.4 Å². The summed E-state index contributed by atoms with van der Waals surface area (Å²) in [6.07, 6.45) is 3.22. The van der Waals surface area contributed by atoms with Crippen molar-refractivity contribution in [1.29, 1.82) is 0 Å². The van der Waals surface area contributed by atoms with Crippen molar-refractivity contribution in [3.8, 4) is 0 Å². The first kappa shape index (κ1) is 15.5. The molecule has 0 unspecified atom stereocenters. The standard InChI is InChI=1S/C16H17N5OS/c1-10-4-11(2)6-12(5-10)20-14(22)8-23-16-13-7-19-21(3)15(13)17-9-18-16/h4-7,9H,8H2,1-3H3,(H,20,22).